The molecule has 0 aliphatic carbocycles. The number of likely N-dealkylation sites (tertiary alicyclic amines) is 1. The van der Waals surface area contributed by atoms with Crippen molar-refractivity contribution < 1.29 is 0 Å². The smallest absolute Gasteiger partial charge is 0.179 e. The fourth-order valence-corrected chi connectivity index (χ4v) is 4.90. The Morgan fingerprint density at radius 2 is 1.70 bits per heavy atom. The van der Waals surface area contributed by atoms with E-state index in [9.17, 15) is 0 Å². The summed E-state index contributed by atoms with van der Waals surface area (Å²) in [5.41, 5.74) is 2.94. The van der Waals surface area contributed by atoms with Crippen molar-refractivity contribution in [2.24, 2.45) is 0 Å². The number of halogens is 1. The van der Waals surface area contributed by atoms with E-state index in [1.165, 1.54) is 32.4 Å². The van der Waals surface area contributed by atoms with Crippen molar-refractivity contribution in [1.82, 2.24) is 19.9 Å². The first-order chi connectivity index (χ1) is 14.8. The van der Waals surface area contributed by atoms with Crippen molar-refractivity contribution >= 4 is 43.6 Å². The average molecular weight is 464 g/mol. The van der Waals surface area contributed by atoms with Gasteiger partial charge in [0, 0.05) is 22.8 Å². The molecule has 0 amide bonds. The van der Waals surface area contributed by atoms with Crippen LogP contribution in [0.1, 0.15) is 25.7 Å². The number of nitrogens with one attached hydrogen (secondary N) is 2. The van der Waals surface area contributed by atoms with Gasteiger partial charge in [-0.3, -0.25) is 0 Å². The lowest BCUT2D eigenvalue weighted by Gasteiger charge is -2.26. The van der Waals surface area contributed by atoms with Crippen LogP contribution in [-0.2, 0) is 0 Å². The van der Waals surface area contributed by atoms with Gasteiger partial charge >= 0.3 is 0 Å². The first-order valence-electron chi connectivity index (χ1n) is 10.8. The molecule has 154 valence electrons. The van der Waals surface area contributed by atoms with Crippen molar-refractivity contribution in [3.8, 4) is 11.5 Å². The van der Waals surface area contributed by atoms with Crippen LogP contribution in [0.4, 0.5) is 5.82 Å². The Kier molecular flexibility index (Phi) is 5.69. The van der Waals surface area contributed by atoms with Gasteiger partial charge in [-0.25, -0.2) is 9.97 Å². The second kappa shape index (κ2) is 8.74. The normalized spacial score (nSPS) is 15.1. The summed E-state index contributed by atoms with van der Waals surface area (Å²) in [5, 5.41) is 5.78. The zero-order chi connectivity index (χ0) is 20.3. The number of aromatic amines is 1. The molecule has 6 heteroatoms. The number of hydrogen-bond donors (Lipinski definition) is 2. The molecule has 5 nitrogen and oxygen atoms in total. The van der Waals surface area contributed by atoms with E-state index in [2.05, 4.69) is 55.4 Å². The average Bonchev–Trinajstić information content (AvgIpc) is 3.14. The minimum atomic E-state index is 0.704. The van der Waals surface area contributed by atoms with Gasteiger partial charge in [0.15, 0.2) is 5.82 Å². The molecule has 5 rings (SSSR count). The van der Waals surface area contributed by atoms with Crippen LogP contribution in [0.5, 0.6) is 0 Å². The minimum absolute atomic E-state index is 0.704. The standard InChI is InChI=1S/C24H26BrN5/c25-21-17-9-2-4-11-19(17)27-22(21)24-28-20-12-5-3-10-18(20)23(29-24)26-13-8-16-30-14-6-1-7-15-30/h2-5,9-12,27H,1,6-8,13-16H2,(H,26,28,29). The maximum atomic E-state index is 4.91. The van der Waals surface area contributed by atoms with E-state index in [0.717, 1.165) is 57.3 Å². The molecule has 1 aliphatic heterocycles. The molecule has 1 saturated heterocycles. The molecule has 0 spiro atoms. The fourth-order valence-electron chi connectivity index (χ4n) is 4.28. The van der Waals surface area contributed by atoms with E-state index >= 15 is 0 Å². The number of benzene rings is 2. The molecule has 0 radical (unpaired) electrons. The maximum Gasteiger partial charge on any atom is 0.179 e. The van der Waals surface area contributed by atoms with E-state index in [1.54, 1.807) is 0 Å². The lowest BCUT2D eigenvalue weighted by molar-refractivity contribution is 0.228. The van der Waals surface area contributed by atoms with Crippen LogP contribution in [0, 0.1) is 0 Å². The number of fused-ring (bicyclic) bond motifs is 2. The number of hydrogen-bond acceptors (Lipinski definition) is 4. The van der Waals surface area contributed by atoms with E-state index in [0.29, 0.717) is 5.82 Å². The van der Waals surface area contributed by atoms with Gasteiger partial charge < -0.3 is 15.2 Å². The summed E-state index contributed by atoms with van der Waals surface area (Å²) in [6, 6.07) is 16.5. The first kappa shape index (κ1) is 19.5. The van der Waals surface area contributed by atoms with E-state index in [1.807, 2.05) is 24.3 Å². The Balaban J connectivity index is 1.42. The van der Waals surface area contributed by atoms with Crippen molar-refractivity contribution in [3.05, 3.63) is 53.0 Å². The van der Waals surface area contributed by atoms with Crippen molar-refractivity contribution in [2.45, 2.75) is 25.7 Å². The van der Waals surface area contributed by atoms with Crippen LogP contribution in [0.25, 0.3) is 33.3 Å². The Morgan fingerprint density at radius 3 is 2.53 bits per heavy atom. The molecule has 0 bridgehead atoms. The summed E-state index contributed by atoms with van der Waals surface area (Å²) in [6.07, 6.45) is 5.18. The molecule has 0 unspecified atom stereocenters. The predicted octanol–water partition coefficient (Wildman–Crippen LogP) is 5.83. The van der Waals surface area contributed by atoms with E-state index in [4.69, 9.17) is 9.97 Å². The van der Waals surface area contributed by atoms with Gasteiger partial charge in [-0.15, -0.1) is 0 Å². The monoisotopic (exact) mass is 463 g/mol. The van der Waals surface area contributed by atoms with Crippen LogP contribution in [-0.4, -0.2) is 46.0 Å². The molecule has 0 atom stereocenters. The molecule has 2 N–H and O–H groups in total. The molecule has 30 heavy (non-hydrogen) atoms. The van der Waals surface area contributed by atoms with Gasteiger partial charge in [-0.1, -0.05) is 36.8 Å². The Bertz CT molecular complexity index is 1160. The highest BCUT2D eigenvalue weighted by atomic mass is 79.9. The fraction of sp³-hybridized carbons (Fsp3) is 0.333. The summed E-state index contributed by atoms with van der Waals surface area (Å²) in [4.78, 5) is 15.8. The molecule has 1 aliphatic rings. The highest BCUT2D eigenvalue weighted by Gasteiger charge is 2.16. The topological polar surface area (TPSA) is 56.8 Å². The zero-order valence-electron chi connectivity index (χ0n) is 17.0. The van der Waals surface area contributed by atoms with Crippen LogP contribution in [0.3, 0.4) is 0 Å². The first-order valence-corrected chi connectivity index (χ1v) is 11.6. The Morgan fingerprint density at radius 1 is 0.933 bits per heavy atom. The van der Waals surface area contributed by atoms with Gasteiger partial charge in [0.1, 0.15) is 5.82 Å². The third-order valence-electron chi connectivity index (χ3n) is 5.86. The quantitative estimate of drug-likeness (QED) is 0.353. The van der Waals surface area contributed by atoms with Crippen LogP contribution in [0.2, 0.25) is 0 Å². The lowest BCUT2D eigenvalue weighted by atomic mass is 10.1. The third kappa shape index (κ3) is 3.94. The number of para-hydroxylation sites is 2. The summed E-state index contributed by atoms with van der Waals surface area (Å²) in [6.45, 7) is 4.55. The van der Waals surface area contributed by atoms with Gasteiger partial charge in [0.2, 0.25) is 0 Å². The number of nitrogens with zero attached hydrogens (tertiary/aromatic N) is 3. The Labute approximate surface area is 185 Å². The van der Waals surface area contributed by atoms with Crippen LogP contribution >= 0.6 is 15.9 Å². The molecular formula is C24H26BrN5. The minimum Gasteiger partial charge on any atom is -0.369 e. The van der Waals surface area contributed by atoms with Crippen molar-refractivity contribution in [2.75, 3.05) is 31.5 Å². The van der Waals surface area contributed by atoms with E-state index in [-0.39, 0.29) is 0 Å². The molecule has 2 aromatic heterocycles. The predicted molar refractivity (Wildman–Crippen MR) is 128 cm³/mol. The second-order valence-corrected chi connectivity index (χ2v) is 8.75. The van der Waals surface area contributed by atoms with Crippen LogP contribution in [0.15, 0.2) is 53.0 Å². The number of rotatable bonds is 6. The molecule has 2 aromatic carbocycles. The molecule has 0 saturated carbocycles. The summed E-state index contributed by atoms with van der Waals surface area (Å²) < 4.78 is 1.00. The lowest BCUT2D eigenvalue weighted by Crippen LogP contribution is -2.31. The largest absolute Gasteiger partial charge is 0.369 e. The molecular weight excluding hydrogens is 438 g/mol. The van der Waals surface area contributed by atoms with Gasteiger partial charge in [-0.05, 0) is 73.0 Å². The highest BCUT2D eigenvalue weighted by molar-refractivity contribution is 9.10. The van der Waals surface area contributed by atoms with Crippen molar-refractivity contribution in [1.29, 1.82) is 0 Å². The SMILES string of the molecule is Brc1c(-c2nc(NCCCN3CCCCC3)c3ccccc3n2)[nH]c2ccccc12. The van der Waals surface area contributed by atoms with E-state index < -0.39 is 0 Å². The third-order valence-corrected chi connectivity index (χ3v) is 6.69. The number of anilines is 1. The molecule has 3 heterocycles. The Hall–Kier alpha value is -2.44. The molecule has 4 aromatic rings. The van der Waals surface area contributed by atoms with Crippen molar-refractivity contribution in [3.63, 3.8) is 0 Å². The maximum absolute atomic E-state index is 4.91. The zero-order valence-corrected chi connectivity index (χ0v) is 18.6. The summed E-state index contributed by atoms with van der Waals surface area (Å²) in [5.74, 6) is 1.61. The summed E-state index contributed by atoms with van der Waals surface area (Å²) in [7, 11) is 0. The number of aromatic nitrogens is 3. The van der Waals surface area contributed by atoms with Crippen LogP contribution < -0.4 is 5.32 Å². The van der Waals surface area contributed by atoms with Gasteiger partial charge in [0.05, 0.1) is 15.7 Å². The summed E-state index contributed by atoms with van der Waals surface area (Å²) >= 11 is 3.75. The van der Waals surface area contributed by atoms with Gasteiger partial charge in [0.25, 0.3) is 0 Å². The second-order valence-electron chi connectivity index (χ2n) is 7.96. The highest BCUT2D eigenvalue weighted by Crippen LogP contribution is 2.34. The number of piperidine rings is 1. The van der Waals surface area contributed by atoms with Gasteiger partial charge in [-0.2, -0.15) is 0 Å². The molecule has 1 fully saturated rings. The number of H-pyrrole nitrogens is 1.